The summed E-state index contributed by atoms with van der Waals surface area (Å²) in [6.07, 6.45) is 1.30. The van der Waals surface area contributed by atoms with E-state index in [-0.39, 0.29) is 16.6 Å². The van der Waals surface area contributed by atoms with Gasteiger partial charge < -0.3 is 9.73 Å². The highest BCUT2D eigenvalue weighted by molar-refractivity contribution is 6.32. The van der Waals surface area contributed by atoms with Crippen LogP contribution in [-0.4, -0.2) is 23.0 Å². The summed E-state index contributed by atoms with van der Waals surface area (Å²) < 4.78 is 5.58. The fourth-order valence-electron chi connectivity index (χ4n) is 2.54. The van der Waals surface area contributed by atoms with E-state index in [1.807, 2.05) is 0 Å². The Bertz CT molecular complexity index is 1160. The van der Waals surface area contributed by atoms with Crippen molar-refractivity contribution in [1.82, 2.24) is 5.43 Å². The van der Waals surface area contributed by atoms with Gasteiger partial charge in [-0.2, -0.15) is 5.10 Å². The third kappa shape index (κ3) is 5.09. The molecule has 3 aromatic rings. The molecule has 30 heavy (non-hydrogen) atoms. The zero-order valence-corrected chi connectivity index (χ0v) is 16.3. The van der Waals surface area contributed by atoms with Gasteiger partial charge in [0.2, 0.25) is 5.91 Å². The molecule has 2 N–H and O–H groups in total. The van der Waals surface area contributed by atoms with E-state index in [4.69, 9.17) is 16.0 Å². The Hall–Kier alpha value is -3.98. The smallest absolute Gasteiger partial charge is 0.288 e. The summed E-state index contributed by atoms with van der Waals surface area (Å²) in [5, 5.41) is 17.5. The molecule has 1 aromatic heterocycles. The number of anilines is 1. The molecule has 0 fully saturated rings. The number of hydrazone groups is 1. The first-order valence-corrected chi connectivity index (χ1v) is 8.96. The van der Waals surface area contributed by atoms with Gasteiger partial charge in [0.05, 0.1) is 11.1 Å². The van der Waals surface area contributed by atoms with Gasteiger partial charge in [-0.05, 0) is 42.5 Å². The molecule has 0 spiro atoms. The lowest BCUT2D eigenvalue weighted by Gasteiger charge is -2.04. The average Bonchev–Trinajstić information content (AvgIpc) is 3.16. The van der Waals surface area contributed by atoms with Crippen LogP contribution in [0.4, 0.5) is 11.4 Å². The van der Waals surface area contributed by atoms with Gasteiger partial charge in [-0.25, -0.2) is 5.43 Å². The van der Waals surface area contributed by atoms with Gasteiger partial charge >= 0.3 is 0 Å². The van der Waals surface area contributed by atoms with Crippen molar-refractivity contribution in [3.05, 3.63) is 81.1 Å². The number of carbonyl (C=O) groups is 2. The number of nitrogens with zero attached hydrogens (tertiary/aromatic N) is 2. The van der Waals surface area contributed by atoms with Crippen LogP contribution < -0.4 is 10.7 Å². The third-order valence-corrected chi connectivity index (χ3v) is 4.18. The van der Waals surface area contributed by atoms with Crippen LogP contribution in [0.2, 0.25) is 5.02 Å². The van der Waals surface area contributed by atoms with E-state index in [1.165, 1.54) is 31.3 Å². The number of hydrogen-bond donors (Lipinski definition) is 2. The molecule has 152 valence electrons. The van der Waals surface area contributed by atoms with Crippen LogP contribution in [0.3, 0.4) is 0 Å². The van der Waals surface area contributed by atoms with Crippen LogP contribution in [0.5, 0.6) is 0 Å². The summed E-state index contributed by atoms with van der Waals surface area (Å²) in [7, 11) is 0. The van der Waals surface area contributed by atoms with Crippen molar-refractivity contribution in [2.75, 3.05) is 5.32 Å². The maximum Gasteiger partial charge on any atom is 0.288 e. The first-order chi connectivity index (χ1) is 14.3. The van der Waals surface area contributed by atoms with Crippen molar-refractivity contribution in [3.8, 4) is 11.3 Å². The summed E-state index contributed by atoms with van der Waals surface area (Å²) >= 11 is 5.81. The Morgan fingerprint density at radius 2 is 1.97 bits per heavy atom. The molecule has 3 rings (SSSR count). The van der Waals surface area contributed by atoms with E-state index in [9.17, 15) is 19.7 Å². The second kappa shape index (κ2) is 9.01. The first kappa shape index (κ1) is 20.7. The number of rotatable bonds is 6. The summed E-state index contributed by atoms with van der Waals surface area (Å²) in [6.45, 7) is 1.37. The molecule has 1 heterocycles. The van der Waals surface area contributed by atoms with Crippen LogP contribution in [-0.2, 0) is 4.79 Å². The normalized spacial score (nSPS) is 10.7. The number of benzene rings is 2. The van der Waals surface area contributed by atoms with E-state index in [0.717, 1.165) is 0 Å². The Morgan fingerprint density at radius 3 is 2.70 bits per heavy atom. The number of nitro benzene ring substituents is 1. The molecule has 0 aliphatic heterocycles. The van der Waals surface area contributed by atoms with Crippen molar-refractivity contribution in [3.63, 3.8) is 0 Å². The first-order valence-electron chi connectivity index (χ1n) is 8.58. The molecule has 0 aliphatic rings. The van der Waals surface area contributed by atoms with Gasteiger partial charge in [-0.3, -0.25) is 19.7 Å². The molecule has 9 nitrogen and oxygen atoms in total. The van der Waals surface area contributed by atoms with Gasteiger partial charge in [-0.15, -0.1) is 0 Å². The molecule has 0 bridgehead atoms. The minimum absolute atomic E-state index is 0.0300. The lowest BCUT2D eigenvalue weighted by molar-refractivity contribution is -0.384. The minimum Gasteiger partial charge on any atom is -0.455 e. The second-order valence-electron chi connectivity index (χ2n) is 6.09. The number of furan rings is 1. The number of halogens is 1. The number of amides is 2. The molecule has 0 atom stereocenters. The van der Waals surface area contributed by atoms with E-state index in [0.29, 0.717) is 28.3 Å². The fourth-order valence-corrected chi connectivity index (χ4v) is 2.73. The predicted molar refractivity (Wildman–Crippen MR) is 112 cm³/mol. The number of hydrogen-bond acceptors (Lipinski definition) is 6. The fraction of sp³-hybridized carbons (Fsp3) is 0.0500. The molecule has 0 saturated heterocycles. The maximum atomic E-state index is 12.2. The van der Waals surface area contributed by atoms with Gasteiger partial charge in [0.15, 0.2) is 0 Å². The van der Waals surface area contributed by atoms with Crippen molar-refractivity contribution in [1.29, 1.82) is 0 Å². The largest absolute Gasteiger partial charge is 0.455 e. The van der Waals surface area contributed by atoms with Gasteiger partial charge in [-0.1, -0.05) is 17.7 Å². The predicted octanol–water partition coefficient (Wildman–Crippen LogP) is 4.23. The van der Waals surface area contributed by atoms with Crippen LogP contribution in [0.25, 0.3) is 11.3 Å². The third-order valence-electron chi connectivity index (χ3n) is 3.86. The summed E-state index contributed by atoms with van der Waals surface area (Å²) in [5.41, 5.74) is 3.41. The zero-order chi connectivity index (χ0) is 21.7. The molecular weight excluding hydrogens is 412 g/mol. The van der Waals surface area contributed by atoms with Crippen molar-refractivity contribution >= 4 is 41.0 Å². The van der Waals surface area contributed by atoms with E-state index in [1.54, 1.807) is 36.4 Å². The van der Waals surface area contributed by atoms with Gasteiger partial charge in [0.1, 0.15) is 16.5 Å². The van der Waals surface area contributed by atoms with Crippen LogP contribution >= 0.6 is 11.6 Å². The summed E-state index contributed by atoms with van der Waals surface area (Å²) in [5.74, 6) is -0.00997. The van der Waals surface area contributed by atoms with Gasteiger partial charge in [0.25, 0.3) is 11.6 Å². The molecule has 2 aromatic carbocycles. The molecule has 2 amide bonds. The molecule has 0 radical (unpaired) electrons. The monoisotopic (exact) mass is 426 g/mol. The molecule has 0 saturated carbocycles. The lowest BCUT2D eigenvalue weighted by Crippen LogP contribution is -2.18. The lowest BCUT2D eigenvalue weighted by atomic mass is 10.1. The average molecular weight is 427 g/mol. The van der Waals surface area contributed by atoms with E-state index < -0.39 is 10.8 Å². The summed E-state index contributed by atoms with van der Waals surface area (Å²) in [4.78, 5) is 33.7. The Morgan fingerprint density at radius 1 is 1.17 bits per heavy atom. The molecule has 10 heteroatoms. The second-order valence-corrected chi connectivity index (χ2v) is 6.49. The molecular formula is C20H15ClN4O5. The summed E-state index contributed by atoms with van der Waals surface area (Å²) in [6, 6.07) is 13.9. The van der Waals surface area contributed by atoms with Crippen molar-refractivity contribution in [2.45, 2.75) is 6.92 Å². The standard InChI is InChI=1S/C20H15ClN4O5/c1-12(26)23-15-4-2-3-14(9-15)20(27)24-22-11-16-6-8-19(30-16)13-5-7-17(21)18(10-13)25(28)29/h2-11H,1H3,(H,23,26)(H,24,27)/b22-11-. The quantitative estimate of drug-likeness (QED) is 0.346. The van der Waals surface area contributed by atoms with E-state index in [2.05, 4.69) is 15.8 Å². The topological polar surface area (TPSA) is 127 Å². The Balaban J connectivity index is 1.68. The Kier molecular flexibility index (Phi) is 6.23. The van der Waals surface area contributed by atoms with Crippen LogP contribution in [0, 0.1) is 10.1 Å². The number of carbonyl (C=O) groups excluding carboxylic acids is 2. The highest BCUT2D eigenvalue weighted by atomic mass is 35.5. The SMILES string of the molecule is CC(=O)Nc1cccc(C(=O)N/N=C\c2ccc(-c3ccc(Cl)c([N+](=O)[O-])c3)o2)c1. The van der Waals surface area contributed by atoms with Crippen LogP contribution in [0.15, 0.2) is 64.1 Å². The highest BCUT2D eigenvalue weighted by Crippen LogP contribution is 2.31. The number of nitro groups is 1. The zero-order valence-electron chi connectivity index (χ0n) is 15.6. The minimum atomic E-state index is -0.576. The van der Waals surface area contributed by atoms with Crippen molar-refractivity contribution in [2.24, 2.45) is 5.10 Å². The highest BCUT2D eigenvalue weighted by Gasteiger charge is 2.15. The number of nitrogens with one attached hydrogen (secondary N) is 2. The molecule has 0 unspecified atom stereocenters. The van der Waals surface area contributed by atoms with Gasteiger partial charge in [0, 0.05) is 29.8 Å². The maximum absolute atomic E-state index is 12.2. The van der Waals surface area contributed by atoms with Crippen molar-refractivity contribution < 1.29 is 18.9 Å². The van der Waals surface area contributed by atoms with Crippen LogP contribution in [0.1, 0.15) is 23.0 Å². The Labute approximate surface area is 175 Å². The molecule has 0 aliphatic carbocycles. The van der Waals surface area contributed by atoms with E-state index >= 15 is 0 Å².